The summed E-state index contributed by atoms with van der Waals surface area (Å²) in [6.07, 6.45) is -0.905. The molecule has 2 atom stereocenters. The molecule has 0 bridgehead atoms. The lowest BCUT2D eigenvalue weighted by molar-refractivity contribution is 0.0858. The van der Waals surface area contributed by atoms with Crippen LogP contribution in [0, 0.1) is 32.6 Å². The van der Waals surface area contributed by atoms with Gasteiger partial charge in [-0.1, -0.05) is 12.1 Å². The molecule has 328 valence electrons. The van der Waals surface area contributed by atoms with Crippen LogP contribution in [0.25, 0.3) is 0 Å². The Hall–Kier alpha value is -3.00. The number of aromatic nitrogens is 2. The zero-order valence-corrected chi connectivity index (χ0v) is 39.3. The first-order chi connectivity index (χ1) is 28.0. The van der Waals surface area contributed by atoms with Gasteiger partial charge in [-0.05, 0) is 145 Å². The fourth-order valence-electron chi connectivity index (χ4n) is 7.09. The van der Waals surface area contributed by atoms with Crippen molar-refractivity contribution < 1.29 is 46.0 Å². The molecule has 2 heterocycles. The van der Waals surface area contributed by atoms with Gasteiger partial charge in [-0.2, -0.15) is 0 Å². The summed E-state index contributed by atoms with van der Waals surface area (Å²) < 4.78 is 88.1. The second-order valence-electron chi connectivity index (χ2n) is 15.6. The number of anilines is 2. The Kier molecular flexibility index (Phi) is 15.0. The van der Waals surface area contributed by atoms with Crippen LogP contribution in [0.4, 0.5) is 20.2 Å². The normalized spacial score (nSPS) is 16.3. The van der Waals surface area contributed by atoms with E-state index in [4.69, 9.17) is 10.2 Å². The number of halogens is 4. The van der Waals surface area contributed by atoms with Crippen molar-refractivity contribution in [1.29, 1.82) is 0 Å². The number of pyridine rings is 2. The van der Waals surface area contributed by atoms with Crippen molar-refractivity contribution in [3.8, 4) is 0 Å². The van der Waals surface area contributed by atoms with Gasteiger partial charge in [-0.3, -0.25) is 19.0 Å². The predicted octanol–water partition coefficient (Wildman–Crippen LogP) is 4.09. The molecule has 0 spiro atoms. The van der Waals surface area contributed by atoms with E-state index in [-0.39, 0.29) is 48.2 Å². The van der Waals surface area contributed by atoms with E-state index >= 15 is 0 Å². The molecule has 6 N–H and O–H groups in total. The minimum atomic E-state index is -3.92. The quantitative estimate of drug-likeness (QED) is 0.0884. The highest BCUT2D eigenvalue weighted by Crippen LogP contribution is 2.49. The van der Waals surface area contributed by atoms with Crippen molar-refractivity contribution >= 4 is 76.6 Å². The second-order valence-corrected chi connectivity index (χ2v) is 22.2. The topological polar surface area (TPSA) is 217 Å². The van der Waals surface area contributed by atoms with E-state index in [1.807, 2.05) is 45.2 Å². The average molecular weight is 1100 g/mol. The fourth-order valence-corrected chi connectivity index (χ4v) is 11.5. The number of nitrogens with zero attached hydrogens (tertiary/aromatic N) is 2. The fraction of sp³-hybridized carbons (Fsp3) is 0.450. The van der Waals surface area contributed by atoms with Gasteiger partial charge in [0.1, 0.15) is 11.6 Å². The first-order valence-corrected chi connectivity index (χ1v) is 24.0. The van der Waals surface area contributed by atoms with Gasteiger partial charge < -0.3 is 29.6 Å². The van der Waals surface area contributed by atoms with E-state index in [2.05, 4.69) is 9.44 Å². The standard InChI is InChI=1S/2C20H24FIN2O5S/c2*1-12-7-17(23-30(28,29)20(5-6-20)10-15(26)11-25)18(24(2)19(12)27)8-13-3-4-14(22)9-16(13)21/h2*3-4,7,9,15,23,25-26H,5-6,8,10-11H2,1-2H3/t2*15-/m10/s1. The summed E-state index contributed by atoms with van der Waals surface area (Å²) in [6.45, 7) is 2.12. The third-order valence-electron chi connectivity index (χ3n) is 11.1. The number of aryl methyl sites for hydroxylation is 2. The number of rotatable bonds is 16. The maximum absolute atomic E-state index is 14.4. The first kappa shape index (κ1) is 48.0. The van der Waals surface area contributed by atoms with Crippen molar-refractivity contribution in [2.24, 2.45) is 14.1 Å². The molecular weight excluding hydrogens is 1050 g/mol. The maximum Gasteiger partial charge on any atom is 0.253 e. The van der Waals surface area contributed by atoms with Crippen LogP contribution in [-0.4, -0.2) is 81.3 Å². The number of hydrogen-bond donors (Lipinski definition) is 6. The molecule has 60 heavy (non-hydrogen) atoms. The lowest BCUT2D eigenvalue weighted by Crippen LogP contribution is -2.35. The molecule has 0 radical (unpaired) electrons. The van der Waals surface area contributed by atoms with Gasteiger partial charge in [0.2, 0.25) is 20.0 Å². The minimum absolute atomic E-state index is 0.0267. The van der Waals surface area contributed by atoms with E-state index in [0.29, 0.717) is 59.3 Å². The Morgan fingerprint density at radius 2 is 1.00 bits per heavy atom. The molecule has 14 nitrogen and oxygen atoms in total. The van der Waals surface area contributed by atoms with Gasteiger partial charge in [-0.25, -0.2) is 25.6 Å². The Bertz CT molecular complexity index is 2440. The number of nitrogens with one attached hydrogen (secondary N) is 2. The van der Waals surface area contributed by atoms with Crippen LogP contribution < -0.4 is 20.6 Å². The highest BCUT2D eigenvalue weighted by atomic mass is 127. The van der Waals surface area contributed by atoms with Crippen molar-refractivity contribution in [1.82, 2.24) is 9.13 Å². The first-order valence-electron chi connectivity index (χ1n) is 18.9. The lowest BCUT2D eigenvalue weighted by atomic mass is 10.1. The molecule has 2 aliphatic carbocycles. The van der Waals surface area contributed by atoms with Crippen LogP contribution in [0.5, 0.6) is 0 Å². The molecule has 2 aliphatic rings. The van der Waals surface area contributed by atoms with Crippen LogP contribution >= 0.6 is 45.2 Å². The van der Waals surface area contributed by atoms with E-state index < -0.39 is 66.6 Å². The summed E-state index contributed by atoms with van der Waals surface area (Å²) in [5.74, 6) is -0.873. The Balaban J connectivity index is 0.000000228. The number of aliphatic hydroxyl groups is 4. The Labute approximate surface area is 374 Å². The summed E-state index contributed by atoms with van der Waals surface area (Å²) in [4.78, 5) is 24.9. The van der Waals surface area contributed by atoms with Gasteiger partial charge in [0, 0.05) is 56.6 Å². The van der Waals surface area contributed by atoms with Crippen LogP contribution in [-0.2, 0) is 47.0 Å². The molecule has 20 heteroatoms. The van der Waals surface area contributed by atoms with Gasteiger partial charge >= 0.3 is 0 Å². The Morgan fingerprint density at radius 1 is 0.667 bits per heavy atom. The van der Waals surface area contributed by atoms with Gasteiger partial charge in [-0.15, -0.1) is 0 Å². The SMILES string of the molecule is Cc1cc(NS(=O)(=O)C2(C[C@@H](O)CO)CC2)c(Cc2ccc(I)cc2F)n(C)c1=O.Cc1cc(NS(=O)(=O)C2(C[C@H](O)CO)CC2)c(Cc2ccc(I)cc2F)n(C)c1=O. The van der Waals surface area contributed by atoms with E-state index in [1.54, 1.807) is 38.1 Å². The van der Waals surface area contributed by atoms with E-state index in [9.17, 15) is 45.4 Å². The monoisotopic (exact) mass is 1100 g/mol. The average Bonchev–Trinajstić information content (AvgIpc) is 4.12. The Morgan fingerprint density at radius 3 is 1.28 bits per heavy atom. The second kappa shape index (κ2) is 18.8. The van der Waals surface area contributed by atoms with E-state index in [1.165, 1.54) is 47.5 Å². The highest BCUT2D eigenvalue weighted by Gasteiger charge is 2.56. The maximum atomic E-state index is 14.4. The molecule has 0 unspecified atom stereocenters. The van der Waals surface area contributed by atoms with Gasteiger partial charge in [0.25, 0.3) is 11.1 Å². The lowest BCUT2D eigenvalue weighted by Gasteiger charge is -2.22. The highest BCUT2D eigenvalue weighted by molar-refractivity contribution is 14.1. The predicted molar refractivity (Wildman–Crippen MR) is 241 cm³/mol. The number of aliphatic hydroxyl groups excluding tert-OH is 4. The smallest absolute Gasteiger partial charge is 0.253 e. The molecule has 2 aromatic heterocycles. The molecule has 6 rings (SSSR count). The van der Waals surface area contributed by atoms with E-state index in [0.717, 1.165) is 7.14 Å². The minimum Gasteiger partial charge on any atom is -0.394 e. The molecule has 2 saturated carbocycles. The third-order valence-corrected chi connectivity index (χ3v) is 16.8. The van der Waals surface area contributed by atoms with Crippen molar-refractivity contribution in [3.05, 3.63) is 122 Å². The molecule has 4 aromatic rings. The zero-order valence-electron chi connectivity index (χ0n) is 33.3. The van der Waals surface area contributed by atoms with Crippen LogP contribution in [0.1, 0.15) is 72.2 Å². The van der Waals surface area contributed by atoms with Gasteiger partial charge in [0.15, 0.2) is 0 Å². The molecule has 0 saturated heterocycles. The summed E-state index contributed by atoms with van der Waals surface area (Å²) >= 11 is 3.99. The van der Waals surface area contributed by atoms with Crippen molar-refractivity contribution in [2.75, 3.05) is 22.7 Å². The van der Waals surface area contributed by atoms with Crippen LogP contribution in [0.15, 0.2) is 58.1 Å². The van der Waals surface area contributed by atoms with Crippen molar-refractivity contribution in [3.63, 3.8) is 0 Å². The third kappa shape index (κ3) is 10.6. The summed E-state index contributed by atoms with van der Waals surface area (Å²) in [7, 11) is -4.79. The number of sulfonamides is 2. The molecule has 2 fully saturated rings. The molecule has 0 aliphatic heterocycles. The number of benzene rings is 2. The summed E-state index contributed by atoms with van der Waals surface area (Å²) in [6, 6.07) is 12.4. The molecule has 2 aromatic carbocycles. The summed E-state index contributed by atoms with van der Waals surface area (Å²) in [5, 5.41) is 37.7. The molecular formula is C40H48F2I2N4O10S2. The summed E-state index contributed by atoms with van der Waals surface area (Å²) in [5.41, 5.74) is 1.88. The van der Waals surface area contributed by atoms with Crippen LogP contribution in [0.2, 0.25) is 0 Å². The largest absolute Gasteiger partial charge is 0.394 e. The van der Waals surface area contributed by atoms with Crippen molar-refractivity contribution in [2.45, 2.75) is 86.9 Å². The number of hydrogen-bond acceptors (Lipinski definition) is 10. The molecule has 0 amide bonds. The van der Waals surface area contributed by atoms with Crippen LogP contribution in [0.3, 0.4) is 0 Å². The van der Waals surface area contributed by atoms with Gasteiger partial charge in [0.05, 0.1) is 46.3 Å². The zero-order chi connectivity index (χ0) is 44.5.